The van der Waals surface area contributed by atoms with Gasteiger partial charge in [-0.1, -0.05) is 58.4 Å². The number of carbonyl (C=O) groups excluding carboxylic acids is 1. The first kappa shape index (κ1) is 19.1. The van der Waals surface area contributed by atoms with Gasteiger partial charge in [-0.15, -0.1) is 5.10 Å². The van der Waals surface area contributed by atoms with E-state index >= 15 is 0 Å². The van der Waals surface area contributed by atoms with E-state index in [-0.39, 0.29) is 11.7 Å². The second-order valence-electron chi connectivity index (χ2n) is 6.79. The predicted octanol–water partition coefficient (Wildman–Crippen LogP) is 5.57. The molecule has 1 aromatic heterocycles. The molecule has 0 unspecified atom stereocenters. The first-order valence-electron chi connectivity index (χ1n) is 9.18. The topological polar surface area (TPSA) is 59.8 Å². The molecule has 1 amide bonds. The van der Waals surface area contributed by atoms with Gasteiger partial charge in [0, 0.05) is 15.7 Å². The van der Waals surface area contributed by atoms with Crippen molar-refractivity contribution in [3.63, 3.8) is 0 Å². The van der Waals surface area contributed by atoms with E-state index < -0.39 is 0 Å². The van der Waals surface area contributed by atoms with E-state index in [1.165, 1.54) is 0 Å². The predicted molar refractivity (Wildman–Crippen MR) is 118 cm³/mol. The van der Waals surface area contributed by atoms with Crippen LogP contribution in [-0.2, 0) is 0 Å². The lowest BCUT2D eigenvalue weighted by Crippen LogP contribution is -2.14. The molecule has 0 aliphatic rings. The largest absolute Gasteiger partial charge is 0.319 e. The number of halogens is 1. The molecule has 6 heteroatoms. The molecule has 0 spiro atoms. The third-order valence-corrected chi connectivity index (χ3v) is 5.07. The molecule has 0 radical (unpaired) electrons. The molecule has 4 rings (SSSR count). The number of carbonyl (C=O) groups is 1. The van der Waals surface area contributed by atoms with E-state index in [1.807, 2.05) is 80.6 Å². The fourth-order valence-electron chi connectivity index (χ4n) is 3.02. The number of amides is 1. The lowest BCUT2D eigenvalue weighted by atomic mass is 10.1. The van der Waals surface area contributed by atoms with Crippen LogP contribution in [-0.4, -0.2) is 20.7 Å². The number of aryl methyl sites for hydroxylation is 2. The van der Waals surface area contributed by atoms with Crippen LogP contribution < -0.4 is 5.32 Å². The summed E-state index contributed by atoms with van der Waals surface area (Å²) < 4.78 is 2.69. The number of hydrogen-bond donors (Lipinski definition) is 1. The van der Waals surface area contributed by atoms with Crippen LogP contribution in [0.15, 0.2) is 77.3 Å². The highest BCUT2D eigenvalue weighted by molar-refractivity contribution is 9.10. The SMILES string of the molecule is Cc1ccc(C)c(-n2nc(C(=O)Nc3ccc(Br)cc3)nc2-c2ccccc2)c1. The van der Waals surface area contributed by atoms with Gasteiger partial charge >= 0.3 is 0 Å². The van der Waals surface area contributed by atoms with Crippen LogP contribution >= 0.6 is 15.9 Å². The van der Waals surface area contributed by atoms with E-state index in [0.717, 1.165) is 26.9 Å². The van der Waals surface area contributed by atoms with Crippen molar-refractivity contribution < 1.29 is 4.79 Å². The zero-order valence-electron chi connectivity index (χ0n) is 16.1. The second kappa shape index (κ2) is 8.01. The normalized spacial score (nSPS) is 10.7. The van der Waals surface area contributed by atoms with Gasteiger partial charge in [0.2, 0.25) is 5.82 Å². The number of aromatic nitrogens is 3. The van der Waals surface area contributed by atoms with Crippen molar-refractivity contribution >= 4 is 27.5 Å². The lowest BCUT2D eigenvalue weighted by Gasteiger charge is -2.10. The lowest BCUT2D eigenvalue weighted by molar-refractivity contribution is 0.101. The Bertz CT molecular complexity index is 1170. The summed E-state index contributed by atoms with van der Waals surface area (Å²) in [4.78, 5) is 17.4. The van der Waals surface area contributed by atoms with Gasteiger partial charge in [-0.25, -0.2) is 9.67 Å². The molecule has 1 N–H and O–H groups in total. The standard InChI is InChI=1S/C23H19BrN4O/c1-15-8-9-16(2)20(14-15)28-22(17-6-4-3-5-7-17)26-21(27-28)23(29)25-19-12-10-18(24)11-13-19/h3-14H,1-2H3,(H,25,29). The van der Waals surface area contributed by atoms with Crippen molar-refractivity contribution in [2.45, 2.75) is 13.8 Å². The van der Waals surface area contributed by atoms with Crippen LogP contribution in [0.1, 0.15) is 21.7 Å². The molecule has 0 fully saturated rings. The summed E-state index contributed by atoms with van der Waals surface area (Å²) in [5, 5.41) is 7.41. The maximum absolute atomic E-state index is 12.8. The van der Waals surface area contributed by atoms with Crippen molar-refractivity contribution in [1.82, 2.24) is 14.8 Å². The van der Waals surface area contributed by atoms with Crippen LogP contribution in [0, 0.1) is 13.8 Å². The van der Waals surface area contributed by atoms with Gasteiger partial charge in [0.15, 0.2) is 5.82 Å². The minimum Gasteiger partial charge on any atom is -0.319 e. The average Bonchev–Trinajstić information content (AvgIpc) is 3.17. The number of hydrogen-bond acceptors (Lipinski definition) is 3. The van der Waals surface area contributed by atoms with E-state index in [2.05, 4.69) is 37.4 Å². The van der Waals surface area contributed by atoms with Crippen molar-refractivity contribution in [3.8, 4) is 17.1 Å². The number of anilines is 1. The highest BCUT2D eigenvalue weighted by Gasteiger charge is 2.20. The summed E-state index contributed by atoms with van der Waals surface area (Å²) in [5.41, 5.74) is 4.64. The van der Waals surface area contributed by atoms with Gasteiger partial charge < -0.3 is 5.32 Å². The third kappa shape index (κ3) is 4.12. The highest BCUT2D eigenvalue weighted by Crippen LogP contribution is 2.24. The maximum atomic E-state index is 12.8. The molecule has 0 saturated heterocycles. The minimum absolute atomic E-state index is 0.118. The fraction of sp³-hybridized carbons (Fsp3) is 0.0870. The summed E-state index contributed by atoms with van der Waals surface area (Å²) in [6.45, 7) is 4.05. The zero-order chi connectivity index (χ0) is 20.4. The summed E-state index contributed by atoms with van der Waals surface area (Å²) in [6.07, 6.45) is 0. The summed E-state index contributed by atoms with van der Waals surface area (Å²) in [6, 6.07) is 23.3. The Hall–Kier alpha value is -3.25. The molecular formula is C23H19BrN4O. The van der Waals surface area contributed by atoms with Crippen LogP contribution in [0.4, 0.5) is 5.69 Å². The van der Waals surface area contributed by atoms with Crippen molar-refractivity contribution in [3.05, 3.63) is 94.2 Å². The zero-order valence-corrected chi connectivity index (χ0v) is 17.6. The number of benzene rings is 3. The first-order valence-corrected chi connectivity index (χ1v) is 9.97. The van der Waals surface area contributed by atoms with Gasteiger partial charge in [-0.05, 0) is 55.3 Å². The van der Waals surface area contributed by atoms with Crippen LogP contribution in [0.3, 0.4) is 0 Å². The fourth-order valence-corrected chi connectivity index (χ4v) is 3.28. The molecule has 0 bridgehead atoms. The first-order chi connectivity index (χ1) is 14.0. The highest BCUT2D eigenvalue weighted by atomic mass is 79.9. The van der Waals surface area contributed by atoms with Gasteiger partial charge in [-0.3, -0.25) is 4.79 Å². The molecule has 5 nitrogen and oxygen atoms in total. The van der Waals surface area contributed by atoms with Crippen LogP contribution in [0.25, 0.3) is 17.1 Å². The van der Waals surface area contributed by atoms with E-state index in [4.69, 9.17) is 0 Å². The van der Waals surface area contributed by atoms with Crippen molar-refractivity contribution in [1.29, 1.82) is 0 Å². The molecule has 144 valence electrons. The van der Waals surface area contributed by atoms with Crippen LogP contribution in [0.5, 0.6) is 0 Å². The smallest absolute Gasteiger partial charge is 0.295 e. The third-order valence-electron chi connectivity index (χ3n) is 4.54. The molecule has 3 aromatic carbocycles. The quantitative estimate of drug-likeness (QED) is 0.445. The molecular weight excluding hydrogens is 428 g/mol. The molecule has 29 heavy (non-hydrogen) atoms. The van der Waals surface area contributed by atoms with Gasteiger partial charge in [0.25, 0.3) is 5.91 Å². The Labute approximate surface area is 177 Å². The van der Waals surface area contributed by atoms with E-state index in [1.54, 1.807) is 4.68 Å². The van der Waals surface area contributed by atoms with Crippen LogP contribution in [0.2, 0.25) is 0 Å². The maximum Gasteiger partial charge on any atom is 0.295 e. The Morgan fingerprint density at radius 3 is 2.41 bits per heavy atom. The number of rotatable bonds is 4. The number of nitrogens with zero attached hydrogens (tertiary/aromatic N) is 3. The molecule has 0 saturated carbocycles. The van der Waals surface area contributed by atoms with Gasteiger partial charge in [-0.2, -0.15) is 0 Å². The Kier molecular flexibility index (Phi) is 5.27. The van der Waals surface area contributed by atoms with E-state index in [9.17, 15) is 4.79 Å². The summed E-state index contributed by atoms with van der Waals surface area (Å²) in [5.74, 6) is 0.390. The van der Waals surface area contributed by atoms with E-state index in [0.29, 0.717) is 11.5 Å². The second-order valence-corrected chi connectivity index (χ2v) is 7.70. The summed E-state index contributed by atoms with van der Waals surface area (Å²) in [7, 11) is 0. The number of nitrogens with one attached hydrogen (secondary N) is 1. The average molecular weight is 447 g/mol. The van der Waals surface area contributed by atoms with Gasteiger partial charge in [0.05, 0.1) is 5.69 Å². The molecule has 1 heterocycles. The minimum atomic E-state index is -0.353. The summed E-state index contributed by atoms with van der Waals surface area (Å²) >= 11 is 3.39. The molecule has 0 aliphatic carbocycles. The van der Waals surface area contributed by atoms with Crippen molar-refractivity contribution in [2.24, 2.45) is 0 Å². The van der Waals surface area contributed by atoms with Crippen molar-refractivity contribution in [2.75, 3.05) is 5.32 Å². The Balaban J connectivity index is 1.78. The molecule has 4 aromatic rings. The van der Waals surface area contributed by atoms with Gasteiger partial charge in [0.1, 0.15) is 0 Å². The monoisotopic (exact) mass is 446 g/mol. The molecule has 0 aliphatic heterocycles. The molecule has 0 atom stereocenters. The Morgan fingerprint density at radius 1 is 0.966 bits per heavy atom. The Morgan fingerprint density at radius 2 is 1.69 bits per heavy atom.